The maximum absolute atomic E-state index is 10.1. The summed E-state index contributed by atoms with van der Waals surface area (Å²) in [7, 11) is 0. The summed E-state index contributed by atoms with van der Waals surface area (Å²) < 4.78 is 0. The maximum atomic E-state index is 10.1. The summed E-state index contributed by atoms with van der Waals surface area (Å²) in [5.74, 6) is 2.16. The third-order valence-corrected chi connectivity index (χ3v) is 3.94. The lowest BCUT2D eigenvalue weighted by atomic mass is 9.86. The van der Waals surface area contributed by atoms with Crippen LogP contribution in [-0.2, 0) is 0 Å². The van der Waals surface area contributed by atoms with E-state index >= 15 is 0 Å². The summed E-state index contributed by atoms with van der Waals surface area (Å²) in [6, 6.07) is 0. The molecule has 0 amide bonds. The molecule has 0 saturated heterocycles. The number of thioether (sulfide) groups is 1. The third kappa shape index (κ3) is 3.36. The minimum atomic E-state index is -0.307. The standard InChI is InChI=1S/C10H20OS/c1-2-8-12-9-10(11)6-4-3-5-7-10/h11H,2-9H2,1H3. The molecule has 1 nitrogen and oxygen atoms in total. The van der Waals surface area contributed by atoms with Crippen molar-refractivity contribution in [2.24, 2.45) is 0 Å². The molecular formula is C10H20OS. The Balaban J connectivity index is 2.17. The van der Waals surface area contributed by atoms with Crippen molar-refractivity contribution < 1.29 is 5.11 Å². The quantitative estimate of drug-likeness (QED) is 0.685. The van der Waals surface area contributed by atoms with E-state index in [9.17, 15) is 5.11 Å². The van der Waals surface area contributed by atoms with Gasteiger partial charge in [-0.1, -0.05) is 26.2 Å². The molecule has 1 saturated carbocycles. The first-order valence-corrected chi connectivity index (χ1v) is 6.22. The van der Waals surface area contributed by atoms with Crippen LogP contribution in [0.5, 0.6) is 0 Å². The van der Waals surface area contributed by atoms with Crippen LogP contribution in [0.1, 0.15) is 45.4 Å². The van der Waals surface area contributed by atoms with Gasteiger partial charge in [-0.2, -0.15) is 11.8 Å². The zero-order valence-corrected chi connectivity index (χ0v) is 8.83. The molecule has 0 aromatic heterocycles. The Hall–Kier alpha value is 0.310. The van der Waals surface area contributed by atoms with Gasteiger partial charge in [-0.25, -0.2) is 0 Å². The second-order valence-corrected chi connectivity index (χ2v) is 4.94. The first kappa shape index (κ1) is 10.4. The molecule has 0 radical (unpaired) electrons. The molecule has 0 unspecified atom stereocenters. The summed E-state index contributed by atoms with van der Waals surface area (Å²) >= 11 is 1.91. The Bertz CT molecular complexity index is 119. The highest BCUT2D eigenvalue weighted by Gasteiger charge is 2.28. The van der Waals surface area contributed by atoms with Crippen molar-refractivity contribution in [1.82, 2.24) is 0 Å². The molecule has 0 atom stereocenters. The first-order valence-electron chi connectivity index (χ1n) is 5.07. The van der Waals surface area contributed by atoms with Crippen LogP contribution in [0.2, 0.25) is 0 Å². The van der Waals surface area contributed by atoms with Gasteiger partial charge in [0.2, 0.25) is 0 Å². The Morgan fingerprint density at radius 2 is 1.92 bits per heavy atom. The van der Waals surface area contributed by atoms with E-state index in [1.165, 1.54) is 31.4 Å². The zero-order valence-electron chi connectivity index (χ0n) is 8.01. The van der Waals surface area contributed by atoms with Gasteiger partial charge in [-0.3, -0.25) is 0 Å². The van der Waals surface area contributed by atoms with Crippen LogP contribution in [0.3, 0.4) is 0 Å². The fourth-order valence-electron chi connectivity index (χ4n) is 1.76. The molecule has 12 heavy (non-hydrogen) atoms. The van der Waals surface area contributed by atoms with Crippen LogP contribution in [-0.4, -0.2) is 22.2 Å². The van der Waals surface area contributed by atoms with Gasteiger partial charge < -0.3 is 5.11 Å². The van der Waals surface area contributed by atoms with Gasteiger partial charge in [-0.15, -0.1) is 0 Å². The molecular weight excluding hydrogens is 168 g/mol. The molecule has 0 heterocycles. The molecule has 1 fully saturated rings. The van der Waals surface area contributed by atoms with Gasteiger partial charge in [-0.05, 0) is 25.0 Å². The van der Waals surface area contributed by atoms with Crippen molar-refractivity contribution in [3.8, 4) is 0 Å². The summed E-state index contributed by atoms with van der Waals surface area (Å²) in [5, 5.41) is 10.1. The molecule has 1 rings (SSSR count). The number of hydrogen-bond acceptors (Lipinski definition) is 2. The summed E-state index contributed by atoms with van der Waals surface area (Å²) in [4.78, 5) is 0. The SMILES string of the molecule is CCCSCC1(O)CCCCC1. The van der Waals surface area contributed by atoms with E-state index in [0.717, 1.165) is 18.6 Å². The molecule has 72 valence electrons. The van der Waals surface area contributed by atoms with E-state index in [0.29, 0.717) is 0 Å². The Morgan fingerprint density at radius 1 is 1.25 bits per heavy atom. The molecule has 0 bridgehead atoms. The van der Waals surface area contributed by atoms with Crippen molar-refractivity contribution >= 4 is 11.8 Å². The highest BCUT2D eigenvalue weighted by Crippen LogP contribution is 2.30. The summed E-state index contributed by atoms with van der Waals surface area (Å²) in [6.45, 7) is 2.19. The van der Waals surface area contributed by atoms with Crippen molar-refractivity contribution in [3.63, 3.8) is 0 Å². The zero-order chi connectivity index (χ0) is 8.86. The van der Waals surface area contributed by atoms with E-state index in [1.54, 1.807) is 0 Å². The van der Waals surface area contributed by atoms with E-state index in [2.05, 4.69) is 6.92 Å². The number of rotatable bonds is 4. The number of aliphatic hydroxyl groups is 1. The van der Waals surface area contributed by atoms with Crippen molar-refractivity contribution in [3.05, 3.63) is 0 Å². The monoisotopic (exact) mass is 188 g/mol. The highest BCUT2D eigenvalue weighted by atomic mass is 32.2. The molecule has 1 aliphatic rings. The fourth-order valence-corrected chi connectivity index (χ4v) is 2.86. The second kappa shape index (κ2) is 5.13. The van der Waals surface area contributed by atoms with Crippen LogP contribution < -0.4 is 0 Å². The van der Waals surface area contributed by atoms with E-state index in [-0.39, 0.29) is 5.60 Å². The van der Waals surface area contributed by atoms with Gasteiger partial charge in [0.25, 0.3) is 0 Å². The van der Waals surface area contributed by atoms with Crippen molar-refractivity contribution in [1.29, 1.82) is 0 Å². The average molecular weight is 188 g/mol. The Kier molecular flexibility index (Phi) is 4.44. The van der Waals surface area contributed by atoms with Gasteiger partial charge in [0, 0.05) is 5.75 Å². The van der Waals surface area contributed by atoms with Crippen LogP contribution in [0.25, 0.3) is 0 Å². The topological polar surface area (TPSA) is 20.2 Å². The third-order valence-electron chi connectivity index (χ3n) is 2.50. The predicted octanol–water partition coefficient (Wildman–Crippen LogP) is 2.82. The van der Waals surface area contributed by atoms with Gasteiger partial charge >= 0.3 is 0 Å². The highest BCUT2D eigenvalue weighted by molar-refractivity contribution is 7.99. The molecule has 1 aliphatic carbocycles. The summed E-state index contributed by atoms with van der Waals surface area (Å²) in [5.41, 5.74) is -0.307. The van der Waals surface area contributed by atoms with Crippen molar-refractivity contribution in [2.45, 2.75) is 51.0 Å². The molecule has 0 aliphatic heterocycles. The largest absolute Gasteiger partial charge is 0.389 e. The average Bonchev–Trinajstić information content (AvgIpc) is 2.06. The van der Waals surface area contributed by atoms with Gasteiger partial charge in [0.1, 0.15) is 0 Å². The van der Waals surface area contributed by atoms with Gasteiger partial charge in [0.05, 0.1) is 5.60 Å². The van der Waals surface area contributed by atoms with Crippen LogP contribution in [0.15, 0.2) is 0 Å². The smallest absolute Gasteiger partial charge is 0.0737 e. The fraction of sp³-hybridized carbons (Fsp3) is 1.00. The van der Waals surface area contributed by atoms with Crippen LogP contribution in [0, 0.1) is 0 Å². The Morgan fingerprint density at radius 3 is 2.50 bits per heavy atom. The molecule has 0 spiro atoms. The lowest BCUT2D eigenvalue weighted by Gasteiger charge is -2.31. The minimum absolute atomic E-state index is 0.307. The lowest BCUT2D eigenvalue weighted by Crippen LogP contribution is -2.34. The van der Waals surface area contributed by atoms with Crippen LogP contribution >= 0.6 is 11.8 Å². The van der Waals surface area contributed by atoms with E-state index in [1.807, 2.05) is 11.8 Å². The van der Waals surface area contributed by atoms with E-state index in [4.69, 9.17) is 0 Å². The lowest BCUT2D eigenvalue weighted by molar-refractivity contribution is 0.0273. The molecule has 1 N–H and O–H groups in total. The summed E-state index contributed by atoms with van der Waals surface area (Å²) in [6.07, 6.45) is 7.06. The normalized spacial score (nSPS) is 22.5. The predicted molar refractivity (Wildman–Crippen MR) is 55.7 cm³/mol. The minimum Gasteiger partial charge on any atom is -0.389 e. The molecule has 2 heteroatoms. The number of hydrogen-bond donors (Lipinski definition) is 1. The van der Waals surface area contributed by atoms with Crippen molar-refractivity contribution in [2.75, 3.05) is 11.5 Å². The van der Waals surface area contributed by atoms with Gasteiger partial charge in [0.15, 0.2) is 0 Å². The van der Waals surface area contributed by atoms with E-state index < -0.39 is 0 Å². The Labute approximate surface area is 79.9 Å². The van der Waals surface area contributed by atoms with Crippen LogP contribution in [0.4, 0.5) is 0 Å². The molecule has 0 aromatic rings. The second-order valence-electron chi connectivity index (χ2n) is 3.84. The molecule has 0 aromatic carbocycles. The maximum Gasteiger partial charge on any atom is 0.0737 e. The first-order chi connectivity index (χ1) is 5.77.